The van der Waals surface area contributed by atoms with E-state index in [0.29, 0.717) is 5.69 Å². The summed E-state index contributed by atoms with van der Waals surface area (Å²) in [6, 6.07) is 17.5. The second-order valence-corrected chi connectivity index (χ2v) is 4.10. The van der Waals surface area contributed by atoms with Crippen LogP contribution < -0.4 is 5.32 Å². The minimum Gasteiger partial charge on any atom is -0.288 e. The van der Waals surface area contributed by atoms with Gasteiger partial charge in [0, 0.05) is 5.39 Å². The van der Waals surface area contributed by atoms with Crippen LogP contribution in [0.25, 0.3) is 21.5 Å². The van der Waals surface area contributed by atoms with E-state index in [1.807, 2.05) is 48.5 Å². The van der Waals surface area contributed by atoms with Crippen molar-refractivity contribution in [3.63, 3.8) is 0 Å². The summed E-state index contributed by atoms with van der Waals surface area (Å²) in [4.78, 5) is 10.7. The molecule has 0 fully saturated rings. The fraction of sp³-hybridized carbons (Fsp3) is 0. The van der Waals surface area contributed by atoms with E-state index in [4.69, 9.17) is 0 Å². The molecule has 87 valence electrons. The first kappa shape index (κ1) is 10.6. The van der Waals surface area contributed by atoms with Crippen molar-refractivity contribution in [1.29, 1.82) is 0 Å². The smallest absolute Gasteiger partial charge is 0.288 e. The van der Waals surface area contributed by atoms with Crippen molar-refractivity contribution in [3.8, 4) is 0 Å². The van der Waals surface area contributed by atoms with E-state index >= 15 is 0 Å². The Morgan fingerprint density at radius 3 is 2.39 bits per heavy atom. The minimum absolute atomic E-state index is 0.554. The lowest BCUT2D eigenvalue weighted by atomic mass is 10.0. The highest BCUT2D eigenvalue weighted by Crippen LogP contribution is 2.30. The SMILES string of the molecule is [O]C(=O)Nc1cccc2c1ccc1ccccc12. The summed E-state index contributed by atoms with van der Waals surface area (Å²) in [6.45, 7) is 0. The van der Waals surface area contributed by atoms with Gasteiger partial charge in [-0.1, -0.05) is 48.5 Å². The van der Waals surface area contributed by atoms with E-state index in [0.717, 1.165) is 21.5 Å². The highest BCUT2D eigenvalue weighted by molar-refractivity contribution is 6.12. The number of carbonyl (C=O) groups is 1. The van der Waals surface area contributed by atoms with Crippen molar-refractivity contribution in [2.24, 2.45) is 0 Å². The van der Waals surface area contributed by atoms with Crippen molar-refractivity contribution in [1.82, 2.24) is 0 Å². The van der Waals surface area contributed by atoms with Crippen LogP contribution in [-0.4, -0.2) is 6.09 Å². The molecule has 3 aromatic carbocycles. The third-order valence-corrected chi connectivity index (χ3v) is 3.02. The van der Waals surface area contributed by atoms with Crippen LogP contribution in [0.15, 0.2) is 54.6 Å². The van der Waals surface area contributed by atoms with Gasteiger partial charge < -0.3 is 0 Å². The molecule has 0 aliphatic carbocycles. The van der Waals surface area contributed by atoms with Gasteiger partial charge in [0.1, 0.15) is 0 Å². The Bertz CT molecular complexity index is 750. The zero-order valence-corrected chi connectivity index (χ0v) is 9.51. The largest absolute Gasteiger partial charge is 0.454 e. The molecule has 1 radical (unpaired) electrons. The molecule has 3 rings (SSSR count). The van der Waals surface area contributed by atoms with Gasteiger partial charge in [-0.25, -0.2) is 9.90 Å². The fourth-order valence-corrected chi connectivity index (χ4v) is 2.26. The molecule has 1 N–H and O–H groups in total. The van der Waals surface area contributed by atoms with Crippen molar-refractivity contribution in [2.75, 3.05) is 5.32 Å². The topological polar surface area (TPSA) is 49.0 Å². The van der Waals surface area contributed by atoms with Gasteiger partial charge >= 0.3 is 6.09 Å². The molecule has 0 atom stereocenters. The Morgan fingerprint density at radius 1 is 0.778 bits per heavy atom. The molecule has 1 amide bonds. The van der Waals surface area contributed by atoms with Crippen LogP contribution in [0.4, 0.5) is 10.5 Å². The predicted molar refractivity (Wildman–Crippen MR) is 71.2 cm³/mol. The first-order chi connectivity index (χ1) is 8.75. The van der Waals surface area contributed by atoms with Gasteiger partial charge in [0.2, 0.25) is 0 Å². The number of rotatable bonds is 1. The number of hydrogen-bond acceptors (Lipinski definition) is 1. The van der Waals surface area contributed by atoms with Gasteiger partial charge in [-0.15, -0.1) is 0 Å². The normalized spacial score (nSPS) is 10.7. The number of amides is 1. The third-order valence-electron chi connectivity index (χ3n) is 3.02. The molecule has 0 saturated carbocycles. The molecule has 0 saturated heterocycles. The maximum Gasteiger partial charge on any atom is 0.454 e. The summed E-state index contributed by atoms with van der Waals surface area (Å²) in [5, 5.41) is 17.1. The minimum atomic E-state index is -1.30. The summed E-state index contributed by atoms with van der Waals surface area (Å²) in [5.41, 5.74) is 0.554. The summed E-state index contributed by atoms with van der Waals surface area (Å²) < 4.78 is 0. The van der Waals surface area contributed by atoms with Crippen LogP contribution in [0.2, 0.25) is 0 Å². The van der Waals surface area contributed by atoms with Crippen LogP contribution in [-0.2, 0) is 5.11 Å². The lowest BCUT2D eigenvalue weighted by molar-refractivity contribution is 0.185. The number of fused-ring (bicyclic) bond motifs is 3. The predicted octanol–water partition coefficient (Wildman–Crippen LogP) is 3.96. The number of carbonyl (C=O) groups excluding carboxylic acids is 1. The molecule has 0 aromatic heterocycles. The number of nitrogens with one attached hydrogen (secondary N) is 1. The second kappa shape index (κ2) is 4.04. The monoisotopic (exact) mass is 236 g/mol. The van der Waals surface area contributed by atoms with Crippen molar-refractivity contribution < 1.29 is 9.90 Å². The Hall–Kier alpha value is -2.55. The maximum atomic E-state index is 10.7. The van der Waals surface area contributed by atoms with Crippen LogP contribution in [0.1, 0.15) is 0 Å². The van der Waals surface area contributed by atoms with E-state index in [2.05, 4.69) is 5.32 Å². The first-order valence-corrected chi connectivity index (χ1v) is 5.64. The van der Waals surface area contributed by atoms with E-state index in [-0.39, 0.29) is 0 Å². The van der Waals surface area contributed by atoms with Crippen molar-refractivity contribution in [2.45, 2.75) is 0 Å². The van der Waals surface area contributed by atoms with Crippen molar-refractivity contribution in [3.05, 3.63) is 54.6 Å². The van der Waals surface area contributed by atoms with E-state index in [1.54, 1.807) is 6.07 Å². The quantitative estimate of drug-likeness (QED) is 0.639. The summed E-state index contributed by atoms with van der Waals surface area (Å²) >= 11 is 0. The molecule has 0 aliphatic rings. The van der Waals surface area contributed by atoms with Gasteiger partial charge in [0.25, 0.3) is 0 Å². The highest BCUT2D eigenvalue weighted by atomic mass is 16.4. The molecule has 0 bridgehead atoms. The highest BCUT2D eigenvalue weighted by Gasteiger charge is 2.06. The standard InChI is InChI=1S/C15H10NO2/c17-15(18)16-14-7-3-6-12-11-5-2-1-4-10(11)8-9-13(12)14/h1-9,16H. The zero-order valence-electron chi connectivity index (χ0n) is 9.51. The molecular formula is C15H10NO2. The van der Waals surface area contributed by atoms with Gasteiger partial charge in [0.15, 0.2) is 0 Å². The second-order valence-electron chi connectivity index (χ2n) is 4.10. The van der Waals surface area contributed by atoms with Gasteiger partial charge in [0.05, 0.1) is 5.69 Å². The van der Waals surface area contributed by atoms with Gasteiger partial charge in [-0.3, -0.25) is 5.32 Å². The molecule has 0 aliphatic heterocycles. The number of benzene rings is 3. The molecule has 3 nitrogen and oxygen atoms in total. The van der Waals surface area contributed by atoms with E-state index in [9.17, 15) is 9.90 Å². The van der Waals surface area contributed by atoms with Gasteiger partial charge in [-0.05, 0) is 22.2 Å². The van der Waals surface area contributed by atoms with Gasteiger partial charge in [-0.2, -0.15) is 0 Å². The summed E-state index contributed by atoms with van der Waals surface area (Å²) in [5.74, 6) is 0. The molecule has 0 heterocycles. The third kappa shape index (κ3) is 1.66. The maximum absolute atomic E-state index is 10.7. The van der Waals surface area contributed by atoms with Crippen molar-refractivity contribution >= 4 is 33.3 Å². The van der Waals surface area contributed by atoms with Crippen LogP contribution in [0.5, 0.6) is 0 Å². The summed E-state index contributed by atoms with van der Waals surface area (Å²) in [7, 11) is 0. The Balaban J connectivity index is 2.36. The lowest BCUT2D eigenvalue weighted by Gasteiger charge is -2.08. The lowest BCUT2D eigenvalue weighted by Crippen LogP contribution is -2.05. The van der Waals surface area contributed by atoms with E-state index < -0.39 is 6.09 Å². The fourth-order valence-electron chi connectivity index (χ4n) is 2.26. The number of hydrogen-bond donors (Lipinski definition) is 1. The summed E-state index contributed by atoms with van der Waals surface area (Å²) in [6.07, 6.45) is -1.30. The Morgan fingerprint density at radius 2 is 1.56 bits per heavy atom. The van der Waals surface area contributed by atoms with Crippen LogP contribution in [0, 0.1) is 0 Å². The average Bonchev–Trinajstić information content (AvgIpc) is 2.38. The molecular weight excluding hydrogens is 226 g/mol. The Labute approximate surface area is 104 Å². The average molecular weight is 236 g/mol. The molecule has 3 aromatic rings. The zero-order chi connectivity index (χ0) is 12.5. The van der Waals surface area contributed by atoms with Crippen LogP contribution >= 0.6 is 0 Å². The number of anilines is 1. The molecule has 18 heavy (non-hydrogen) atoms. The molecule has 3 heteroatoms. The molecule has 0 spiro atoms. The Kier molecular flexibility index (Phi) is 2.38. The van der Waals surface area contributed by atoms with Crippen LogP contribution in [0.3, 0.4) is 0 Å². The molecule has 0 unspecified atom stereocenters. The van der Waals surface area contributed by atoms with E-state index in [1.165, 1.54) is 0 Å². The first-order valence-electron chi connectivity index (χ1n) is 5.64.